The van der Waals surface area contributed by atoms with Crippen molar-refractivity contribution in [3.8, 4) is 0 Å². The highest BCUT2D eigenvalue weighted by Gasteiger charge is 1.99. The van der Waals surface area contributed by atoms with Crippen molar-refractivity contribution < 1.29 is 5.11 Å². The molecule has 0 bridgehead atoms. The van der Waals surface area contributed by atoms with Gasteiger partial charge < -0.3 is 5.11 Å². The van der Waals surface area contributed by atoms with Crippen LogP contribution in [0.15, 0.2) is 20.8 Å². The van der Waals surface area contributed by atoms with Crippen molar-refractivity contribution in [3.63, 3.8) is 0 Å². The molecular weight excluding hydrogens is 236 g/mol. The molecule has 1 aromatic rings. The predicted molar refractivity (Wildman–Crippen MR) is 57.4 cm³/mol. The topological polar surface area (TPSA) is 20.2 Å². The molecule has 66 valence electrons. The van der Waals surface area contributed by atoms with Crippen LogP contribution in [0.3, 0.4) is 0 Å². The van der Waals surface area contributed by atoms with Gasteiger partial charge in [0.2, 0.25) is 0 Å². The maximum absolute atomic E-state index is 9.21. The molecule has 0 saturated carbocycles. The van der Waals surface area contributed by atoms with Gasteiger partial charge in [0, 0.05) is 0 Å². The van der Waals surface area contributed by atoms with Gasteiger partial charge in [-0.25, -0.2) is 0 Å². The van der Waals surface area contributed by atoms with Crippen molar-refractivity contribution in [1.29, 1.82) is 0 Å². The molecule has 0 amide bonds. The molecule has 0 aliphatic carbocycles. The first kappa shape index (κ1) is 9.96. The highest BCUT2D eigenvalue weighted by Crippen LogP contribution is 2.22. The predicted octanol–water partition coefficient (Wildman–Crippen LogP) is 3.29. The minimum absolute atomic E-state index is 0.358. The van der Waals surface area contributed by atoms with Crippen molar-refractivity contribution in [1.82, 2.24) is 0 Å². The maximum atomic E-state index is 9.21. The monoisotopic (exact) mass is 246 g/mol. The maximum Gasteiger partial charge on any atom is 0.0722 e. The van der Waals surface area contributed by atoms with Gasteiger partial charge in [0.1, 0.15) is 0 Å². The molecule has 0 aromatic carbocycles. The Labute approximate surface area is 84.9 Å². The molecule has 0 radical (unpaired) electrons. The van der Waals surface area contributed by atoms with Crippen LogP contribution in [0, 0.1) is 0 Å². The Hall–Kier alpha value is -0.120. The molecule has 1 aromatic heterocycles. The fourth-order valence-corrected chi connectivity index (χ4v) is 1.92. The van der Waals surface area contributed by atoms with E-state index in [9.17, 15) is 5.11 Å². The Bertz CT molecular complexity index is 288. The molecular formula is C9H11BrOS. The van der Waals surface area contributed by atoms with E-state index in [1.807, 2.05) is 19.1 Å². The molecule has 1 N–H and O–H groups in total. The van der Waals surface area contributed by atoms with Gasteiger partial charge >= 0.3 is 0 Å². The molecule has 1 nitrogen and oxygen atoms in total. The van der Waals surface area contributed by atoms with E-state index in [0.717, 1.165) is 14.9 Å². The van der Waals surface area contributed by atoms with Crippen LogP contribution in [-0.4, -0.2) is 11.2 Å². The number of thiophene rings is 1. The number of aliphatic hydroxyl groups excluding tert-OH is 1. The summed E-state index contributed by atoms with van der Waals surface area (Å²) < 4.78 is 1.12. The van der Waals surface area contributed by atoms with E-state index in [1.165, 1.54) is 0 Å². The number of hydrogen-bond donors (Lipinski definition) is 1. The molecule has 3 heteroatoms. The zero-order valence-electron chi connectivity index (χ0n) is 7.04. The van der Waals surface area contributed by atoms with E-state index < -0.39 is 0 Å². The fourth-order valence-electron chi connectivity index (χ4n) is 0.783. The summed E-state index contributed by atoms with van der Waals surface area (Å²) in [5, 5.41) is 11.3. The minimum atomic E-state index is -0.358. The molecule has 1 heterocycles. The number of aliphatic hydroxyl groups is 1. The third-order valence-electron chi connectivity index (χ3n) is 1.64. The van der Waals surface area contributed by atoms with Crippen LogP contribution in [0.4, 0.5) is 0 Å². The van der Waals surface area contributed by atoms with Crippen LogP contribution in [0.5, 0.6) is 0 Å². The summed E-state index contributed by atoms with van der Waals surface area (Å²) in [6.45, 7) is 3.70. The smallest absolute Gasteiger partial charge is 0.0722 e. The fraction of sp³-hybridized carbons (Fsp3) is 0.333. The number of halogens is 1. The van der Waals surface area contributed by atoms with Crippen LogP contribution < -0.4 is 0 Å². The summed E-state index contributed by atoms with van der Waals surface area (Å²) in [6.07, 6.45) is 1.63. The zero-order chi connectivity index (χ0) is 9.14. The molecule has 0 saturated heterocycles. The normalized spacial score (nSPS) is 14.8. The molecule has 12 heavy (non-hydrogen) atoms. The van der Waals surface area contributed by atoms with Crippen LogP contribution in [-0.2, 0) is 0 Å². The van der Waals surface area contributed by atoms with E-state index in [0.29, 0.717) is 0 Å². The van der Waals surface area contributed by atoms with E-state index in [-0.39, 0.29) is 6.10 Å². The summed E-state index contributed by atoms with van der Waals surface area (Å²) in [5.74, 6) is 0. The molecule has 0 aliphatic heterocycles. The SMILES string of the molecule is C/C(=C\c1csc(Br)c1)C(C)O. The van der Waals surface area contributed by atoms with Crippen LogP contribution in [0.2, 0.25) is 0 Å². The minimum Gasteiger partial charge on any atom is -0.389 e. The molecule has 0 spiro atoms. The third-order valence-corrected chi connectivity index (χ3v) is 3.16. The Morgan fingerprint density at radius 3 is 2.83 bits per heavy atom. The lowest BCUT2D eigenvalue weighted by atomic mass is 10.1. The van der Waals surface area contributed by atoms with E-state index in [4.69, 9.17) is 0 Å². The average Bonchev–Trinajstić information content (AvgIpc) is 2.35. The summed E-state index contributed by atoms with van der Waals surface area (Å²) in [6, 6.07) is 2.04. The van der Waals surface area contributed by atoms with Gasteiger partial charge in [0.05, 0.1) is 9.89 Å². The number of rotatable bonds is 2. The molecule has 1 rings (SSSR count). The quantitative estimate of drug-likeness (QED) is 0.850. The second-order valence-electron chi connectivity index (χ2n) is 2.75. The zero-order valence-corrected chi connectivity index (χ0v) is 9.45. The summed E-state index contributed by atoms with van der Waals surface area (Å²) in [7, 11) is 0. The Balaban J connectivity index is 2.80. The first-order chi connectivity index (χ1) is 5.59. The van der Waals surface area contributed by atoms with Crippen LogP contribution in [0.25, 0.3) is 6.08 Å². The highest BCUT2D eigenvalue weighted by atomic mass is 79.9. The van der Waals surface area contributed by atoms with Crippen molar-refractivity contribution in [2.45, 2.75) is 20.0 Å². The van der Waals surface area contributed by atoms with Crippen molar-refractivity contribution in [3.05, 3.63) is 26.4 Å². The van der Waals surface area contributed by atoms with E-state index >= 15 is 0 Å². The van der Waals surface area contributed by atoms with Crippen molar-refractivity contribution >= 4 is 33.3 Å². The van der Waals surface area contributed by atoms with Crippen molar-refractivity contribution in [2.24, 2.45) is 0 Å². The van der Waals surface area contributed by atoms with E-state index in [2.05, 4.69) is 21.3 Å². The Kier molecular flexibility index (Phi) is 3.50. The van der Waals surface area contributed by atoms with Gasteiger partial charge in [-0.2, -0.15) is 0 Å². The highest BCUT2D eigenvalue weighted by molar-refractivity contribution is 9.11. The lowest BCUT2D eigenvalue weighted by molar-refractivity contribution is 0.232. The second-order valence-corrected chi connectivity index (χ2v) is 5.04. The first-order valence-electron chi connectivity index (χ1n) is 3.70. The third kappa shape index (κ3) is 2.73. The summed E-state index contributed by atoms with van der Waals surface area (Å²) in [4.78, 5) is 0. The van der Waals surface area contributed by atoms with Gasteiger partial charge in [-0.1, -0.05) is 6.08 Å². The molecule has 1 unspecified atom stereocenters. The van der Waals surface area contributed by atoms with Gasteiger partial charge in [0.25, 0.3) is 0 Å². The van der Waals surface area contributed by atoms with Gasteiger partial charge in [-0.15, -0.1) is 11.3 Å². The number of hydrogen-bond acceptors (Lipinski definition) is 2. The molecule has 0 fully saturated rings. The summed E-state index contributed by atoms with van der Waals surface area (Å²) >= 11 is 5.03. The van der Waals surface area contributed by atoms with Crippen LogP contribution >= 0.6 is 27.3 Å². The van der Waals surface area contributed by atoms with E-state index in [1.54, 1.807) is 18.3 Å². The second kappa shape index (κ2) is 4.21. The lowest BCUT2D eigenvalue weighted by Gasteiger charge is -2.02. The lowest BCUT2D eigenvalue weighted by Crippen LogP contribution is -1.99. The van der Waals surface area contributed by atoms with Crippen LogP contribution in [0.1, 0.15) is 19.4 Å². The van der Waals surface area contributed by atoms with Crippen molar-refractivity contribution in [2.75, 3.05) is 0 Å². The first-order valence-corrected chi connectivity index (χ1v) is 5.37. The molecule has 0 aliphatic rings. The standard InChI is InChI=1S/C9H11BrOS/c1-6(7(2)11)3-8-4-9(10)12-5-8/h3-5,7,11H,1-2H3/b6-3+. The van der Waals surface area contributed by atoms with Gasteiger partial charge in [0.15, 0.2) is 0 Å². The molecule has 1 atom stereocenters. The Morgan fingerprint density at radius 1 is 1.75 bits per heavy atom. The average molecular weight is 247 g/mol. The van der Waals surface area contributed by atoms with Gasteiger partial charge in [-0.3, -0.25) is 0 Å². The largest absolute Gasteiger partial charge is 0.389 e. The van der Waals surface area contributed by atoms with Gasteiger partial charge in [-0.05, 0) is 52.4 Å². The Morgan fingerprint density at radius 2 is 2.42 bits per heavy atom. The summed E-state index contributed by atoms with van der Waals surface area (Å²) in [5.41, 5.74) is 2.13.